The number of carbonyl (C=O) groups is 1. The fourth-order valence-electron chi connectivity index (χ4n) is 1.37. The van der Waals surface area contributed by atoms with Crippen molar-refractivity contribution in [1.29, 1.82) is 0 Å². The molecule has 0 aliphatic rings. The Bertz CT molecular complexity index is 472. The second-order valence-corrected chi connectivity index (χ2v) is 5.41. The summed E-state index contributed by atoms with van der Waals surface area (Å²) in [7, 11) is 3.42. The number of anilines is 1. The van der Waals surface area contributed by atoms with Crippen LogP contribution in [0, 0.1) is 0 Å². The highest BCUT2D eigenvalue weighted by atomic mass is 35.5. The topological polar surface area (TPSA) is 52.6 Å². The molecule has 0 bridgehead atoms. The minimum Gasteiger partial charge on any atom is -0.374 e. The minimum absolute atomic E-state index is 0.302. The summed E-state index contributed by atoms with van der Waals surface area (Å²) in [5.74, 6) is -0.746. The molecule has 0 radical (unpaired) electrons. The van der Waals surface area contributed by atoms with Crippen LogP contribution in [0.5, 0.6) is 0 Å². The van der Waals surface area contributed by atoms with Gasteiger partial charge in [0.25, 0.3) is 5.91 Å². The molecule has 1 unspecified atom stereocenters. The fraction of sp³-hybridized carbons (Fsp3) is 0.462. The van der Waals surface area contributed by atoms with Crippen molar-refractivity contribution in [2.24, 2.45) is 0 Å². The Morgan fingerprint density at radius 3 is 2.47 bits per heavy atom. The molecule has 0 heterocycles. The van der Waals surface area contributed by atoms with E-state index in [2.05, 4.69) is 5.32 Å². The second-order valence-electron chi connectivity index (χ2n) is 5.00. The highest BCUT2D eigenvalue weighted by molar-refractivity contribution is 6.31. The zero-order valence-electron chi connectivity index (χ0n) is 11.4. The van der Waals surface area contributed by atoms with Gasteiger partial charge in [0.1, 0.15) is 6.23 Å². The molecule has 0 aromatic heterocycles. The van der Waals surface area contributed by atoms with Crippen molar-refractivity contribution in [1.82, 2.24) is 4.90 Å². The Labute approximate surface area is 117 Å². The van der Waals surface area contributed by atoms with E-state index in [4.69, 9.17) is 11.6 Å². The molecule has 2 N–H and O–H groups in total. The van der Waals surface area contributed by atoms with Crippen LogP contribution in [-0.2, 0) is 4.79 Å². The zero-order valence-corrected chi connectivity index (χ0v) is 12.1. The molecule has 0 saturated heterocycles. The molecule has 0 fully saturated rings. The lowest BCUT2D eigenvalue weighted by atomic mass is 10.1. The van der Waals surface area contributed by atoms with Gasteiger partial charge in [-0.1, -0.05) is 17.7 Å². The first-order chi connectivity index (χ1) is 8.62. The molecular weight excluding hydrogens is 271 g/mol. The normalized spacial score (nSPS) is 13.5. The van der Waals surface area contributed by atoms with Gasteiger partial charge in [0.2, 0.25) is 0 Å². The number of amides is 1. The van der Waals surface area contributed by atoms with E-state index in [1.807, 2.05) is 0 Å². The number of halogens is 2. The third-order valence-electron chi connectivity index (χ3n) is 2.57. The maximum atomic E-state index is 13.4. The molecule has 4 nitrogen and oxygen atoms in total. The summed E-state index contributed by atoms with van der Waals surface area (Å²) in [5, 5.41) is 12.6. The van der Waals surface area contributed by atoms with Crippen LogP contribution in [0.4, 0.5) is 10.1 Å². The number of aliphatic hydroxyl groups is 1. The van der Waals surface area contributed by atoms with Gasteiger partial charge in [-0.05, 0) is 40.1 Å². The van der Waals surface area contributed by atoms with Crippen LogP contribution in [0.1, 0.15) is 25.6 Å². The lowest BCUT2D eigenvalue weighted by Gasteiger charge is -2.20. The van der Waals surface area contributed by atoms with Crippen LogP contribution < -0.4 is 5.32 Å². The molecule has 1 aromatic rings. The standard InChI is InChI=1S/C13H18ClFN2O2/c1-13(2,15)12(19)16-8-5-6-9(10(14)7-8)11(18)17(3)4/h5-7,11,18H,1-4H3,(H,16,19). The highest BCUT2D eigenvalue weighted by Gasteiger charge is 2.26. The summed E-state index contributed by atoms with van der Waals surface area (Å²) in [6.07, 6.45) is -0.838. The first-order valence-electron chi connectivity index (χ1n) is 5.77. The van der Waals surface area contributed by atoms with E-state index < -0.39 is 17.8 Å². The lowest BCUT2D eigenvalue weighted by molar-refractivity contribution is -0.125. The van der Waals surface area contributed by atoms with E-state index in [-0.39, 0.29) is 0 Å². The molecule has 106 valence electrons. The van der Waals surface area contributed by atoms with E-state index in [1.165, 1.54) is 19.9 Å². The summed E-state index contributed by atoms with van der Waals surface area (Å²) in [4.78, 5) is 13.1. The molecule has 1 atom stereocenters. The lowest BCUT2D eigenvalue weighted by Crippen LogP contribution is -2.32. The number of hydrogen-bond donors (Lipinski definition) is 2. The summed E-state index contributed by atoms with van der Waals surface area (Å²) in [5.41, 5.74) is -1.06. The predicted molar refractivity (Wildman–Crippen MR) is 73.9 cm³/mol. The number of alkyl halides is 1. The van der Waals surface area contributed by atoms with Crippen LogP contribution >= 0.6 is 11.6 Å². The monoisotopic (exact) mass is 288 g/mol. The van der Waals surface area contributed by atoms with Gasteiger partial charge in [-0.2, -0.15) is 0 Å². The van der Waals surface area contributed by atoms with Gasteiger partial charge in [-0.25, -0.2) is 4.39 Å². The third kappa shape index (κ3) is 4.16. The Hall–Kier alpha value is -1.17. The van der Waals surface area contributed by atoms with Crippen LogP contribution in [0.15, 0.2) is 18.2 Å². The molecule has 19 heavy (non-hydrogen) atoms. The summed E-state index contributed by atoms with van der Waals surface area (Å²) >= 11 is 6.03. The van der Waals surface area contributed by atoms with Crippen molar-refractivity contribution < 1.29 is 14.3 Å². The summed E-state index contributed by atoms with van der Waals surface area (Å²) in [6, 6.07) is 4.64. The van der Waals surface area contributed by atoms with Crippen molar-refractivity contribution >= 4 is 23.2 Å². The van der Waals surface area contributed by atoms with Crippen LogP contribution in [0.3, 0.4) is 0 Å². The molecule has 1 rings (SSSR count). The molecule has 0 spiro atoms. The van der Waals surface area contributed by atoms with Gasteiger partial charge in [0.05, 0.1) is 0 Å². The zero-order chi connectivity index (χ0) is 14.8. The fourth-order valence-corrected chi connectivity index (χ4v) is 1.65. The molecule has 6 heteroatoms. The van der Waals surface area contributed by atoms with Crippen LogP contribution in [0.25, 0.3) is 0 Å². The SMILES string of the molecule is CN(C)C(O)c1ccc(NC(=O)C(C)(C)F)cc1Cl. The van der Waals surface area contributed by atoms with Gasteiger partial charge >= 0.3 is 0 Å². The largest absolute Gasteiger partial charge is 0.374 e. The molecule has 1 aromatic carbocycles. The number of nitrogens with zero attached hydrogens (tertiary/aromatic N) is 1. The average Bonchev–Trinajstić information content (AvgIpc) is 2.26. The van der Waals surface area contributed by atoms with E-state index in [9.17, 15) is 14.3 Å². The van der Waals surface area contributed by atoms with E-state index in [0.29, 0.717) is 16.3 Å². The van der Waals surface area contributed by atoms with Crippen molar-refractivity contribution in [2.45, 2.75) is 25.7 Å². The Morgan fingerprint density at radius 1 is 1.47 bits per heavy atom. The first-order valence-corrected chi connectivity index (χ1v) is 6.15. The van der Waals surface area contributed by atoms with Gasteiger partial charge in [0, 0.05) is 16.3 Å². The molecule has 0 aliphatic heterocycles. The summed E-state index contributed by atoms with van der Waals surface area (Å²) in [6.45, 7) is 2.35. The van der Waals surface area contributed by atoms with Crippen molar-refractivity contribution in [3.63, 3.8) is 0 Å². The highest BCUT2D eigenvalue weighted by Crippen LogP contribution is 2.27. The number of hydrogen-bond acceptors (Lipinski definition) is 3. The van der Waals surface area contributed by atoms with Crippen LogP contribution in [-0.4, -0.2) is 35.7 Å². The Balaban J connectivity index is 2.92. The first kappa shape index (κ1) is 15.9. The third-order valence-corrected chi connectivity index (χ3v) is 2.89. The average molecular weight is 289 g/mol. The number of aliphatic hydroxyl groups excluding tert-OH is 1. The molecular formula is C13H18ClFN2O2. The Morgan fingerprint density at radius 2 is 2.05 bits per heavy atom. The second kappa shape index (κ2) is 5.86. The molecule has 0 saturated carbocycles. The van der Waals surface area contributed by atoms with E-state index in [1.54, 1.807) is 31.1 Å². The predicted octanol–water partition coefficient (Wildman–Crippen LogP) is 2.58. The van der Waals surface area contributed by atoms with Crippen molar-refractivity contribution in [3.8, 4) is 0 Å². The van der Waals surface area contributed by atoms with E-state index in [0.717, 1.165) is 0 Å². The smallest absolute Gasteiger partial charge is 0.261 e. The van der Waals surface area contributed by atoms with Crippen molar-refractivity contribution in [2.75, 3.05) is 19.4 Å². The number of carbonyl (C=O) groups excluding carboxylic acids is 1. The number of nitrogens with one attached hydrogen (secondary N) is 1. The summed E-state index contributed by atoms with van der Waals surface area (Å²) < 4.78 is 13.4. The quantitative estimate of drug-likeness (QED) is 0.837. The molecule has 0 aliphatic carbocycles. The van der Waals surface area contributed by atoms with Crippen molar-refractivity contribution in [3.05, 3.63) is 28.8 Å². The van der Waals surface area contributed by atoms with Gasteiger partial charge < -0.3 is 10.4 Å². The minimum atomic E-state index is -1.96. The van der Waals surface area contributed by atoms with Crippen LogP contribution in [0.2, 0.25) is 5.02 Å². The number of benzene rings is 1. The maximum Gasteiger partial charge on any atom is 0.261 e. The maximum absolute atomic E-state index is 13.4. The van der Waals surface area contributed by atoms with E-state index >= 15 is 0 Å². The van der Waals surface area contributed by atoms with Gasteiger partial charge in [0.15, 0.2) is 5.67 Å². The Kier molecular flexibility index (Phi) is 4.90. The number of rotatable bonds is 4. The van der Waals surface area contributed by atoms with Gasteiger partial charge in [-0.3, -0.25) is 9.69 Å². The van der Waals surface area contributed by atoms with Gasteiger partial charge in [-0.15, -0.1) is 0 Å². The molecule has 1 amide bonds.